The third-order valence-corrected chi connectivity index (χ3v) is 6.21. The number of likely N-dealkylation sites (N-methyl/N-ethyl adjacent to an activating group) is 1. The Morgan fingerprint density at radius 2 is 2.17 bits per heavy atom. The number of nitrogens with one attached hydrogen (secondary N) is 1. The van der Waals surface area contributed by atoms with Gasteiger partial charge in [-0.05, 0) is 31.0 Å². The van der Waals surface area contributed by atoms with Crippen LogP contribution in [0.3, 0.4) is 0 Å². The molecule has 7 nitrogen and oxygen atoms in total. The van der Waals surface area contributed by atoms with Crippen LogP contribution in [0.25, 0.3) is 0 Å². The normalized spacial score (nSPS) is 22.8. The van der Waals surface area contributed by atoms with E-state index in [2.05, 4.69) is 4.72 Å². The van der Waals surface area contributed by atoms with E-state index in [0.717, 1.165) is 12.0 Å². The van der Waals surface area contributed by atoms with Crippen LogP contribution in [0.5, 0.6) is 5.75 Å². The summed E-state index contributed by atoms with van der Waals surface area (Å²) in [4.78, 5) is 12.9. The van der Waals surface area contributed by atoms with Crippen molar-refractivity contribution in [1.29, 1.82) is 0 Å². The average Bonchev–Trinajstić information content (AvgIpc) is 2.96. The van der Waals surface area contributed by atoms with E-state index in [-0.39, 0.29) is 23.5 Å². The lowest BCUT2D eigenvalue weighted by Crippen LogP contribution is -2.54. The minimum atomic E-state index is -3.63. The number of aliphatic carboxylic acids is 1. The highest BCUT2D eigenvalue weighted by atomic mass is 32.2. The average molecular weight is 354 g/mol. The Kier molecular flexibility index (Phi) is 4.80. The van der Waals surface area contributed by atoms with E-state index in [1.807, 2.05) is 17.9 Å². The number of carbonyl (C=O) groups is 1. The second kappa shape index (κ2) is 6.70. The summed E-state index contributed by atoms with van der Waals surface area (Å²) >= 11 is 0. The predicted molar refractivity (Wildman–Crippen MR) is 87.7 cm³/mol. The first-order valence-electron chi connectivity index (χ1n) is 8.13. The molecule has 0 amide bonds. The van der Waals surface area contributed by atoms with Gasteiger partial charge in [-0.15, -0.1) is 0 Å². The number of nitrogens with zero attached hydrogens (tertiary/aromatic N) is 1. The topological polar surface area (TPSA) is 95.9 Å². The minimum Gasteiger partial charge on any atom is -0.492 e. The number of hydrogen-bond acceptors (Lipinski definition) is 5. The molecule has 8 heteroatoms. The van der Waals surface area contributed by atoms with Gasteiger partial charge < -0.3 is 9.84 Å². The molecule has 1 saturated carbocycles. The van der Waals surface area contributed by atoms with Crippen LogP contribution >= 0.6 is 0 Å². The fraction of sp³-hybridized carbons (Fsp3) is 0.562. The van der Waals surface area contributed by atoms with Gasteiger partial charge in [0.2, 0.25) is 10.0 Å². The predicted octanol–water partition coefficient (Wildman–Crippen LogP) is 0.837. The number of carboxylic acid groups (broad SMARTS) is 1. The monoisotopic (exact) mass is 354 g/mol. The van der Waals surface area contributed by atoms with E-state index in [4.69, 9.17) is 9.84 Å². The molecule has 1 aromatic rings. The lowest BCUT2D eigenvalue weighted by molar-refractivity contribution is -0.139. The molecule has 1 fully saturated rings. The van der Waals surface area contributed by atoms with Gasteiger partial charge in [-0.1, -0.05) is 19.1 Å². The first-order chi connectivity index (χ1) is 11.4. The number of benzene rings is 1. The Balaban J connectivity index is 1.64. The number of fused-ring (bicyclic) bond motifs is 1. The smallest absolute Gasteiger partial charge is 0.317 e. The fourth-order valence-corrected chi connectivity index (χ4v) is 4.78. The van der Waals surface area contributed by atoms with Gasteiger partial charge in [0.1, 0.15) is 10.6 Å². The van der Waals surface area contributed by atoms with Crippen molar-refractivity contribution < 1.29 is 23.1 Å². The number of sulfonamides is 1. The van der Waals surface area contributed by atoms with Gasteiger partial charge >= 0.3 is 5.97 Å². The summed E-state index contributed by atoms with van der Waals surface area (Å²) in [7, 11) is -3.63. The lowest BCUT2D eigenvalue weighted by atomic mass is 9.86. The van der Waals surface area contributed by atoms with Gasteiger partial charge in [0.15, 0.2) is 0 Å². The zero-order chi connectivity index (χ0) is 17.3. The Bertz CT molecular complexity index is 728. The largest absolute Gasteiger partial charge is 0.492 e. The molecular weight excluding hydrogens is 332 g/mol. The molecule has 0 atom stereocenters. The van der Waals surface area contributed by atoms with E-state index in [1.54, 1.807) is 12.1 Å². The minimum absolute atomic E-state index is 0.0132. The van der Waals surface area contributed by atoms with E-state index >= 15 is 0 Å². The molecule has 132 valence electrons. The van der Waals surface area contributed by atoms with Gasteiger partial charge in [-0.3, -0.25) is 9.69 Å². The van der Waals surface area contributed by atoms with Crippen LogP contribution in [0, 0.1) is 0 Å². The van der Waals surface area contributed by atoms with Crippen molar-refractivity contribution in [2.45, 2.75) is 43.2 Å². The summed E-state index contributed by atoms with van der Waals surface area (Å²) in [6, 6.07) is 5.12. The van der Waals surface area contributed by atoms with Crippen LogP contribution in [-0.4, -0.2) is 56.2 Å². The first-order valence-corrected chi connectivity index (χ1v) is 9.62. The molecule has 2 N–H and O–H groups in total. The summed E-state index contributed by atoms with van der Waals surface area (Å²) in [5.74, 6) is -0.403. The van der Waals surface area contributed by atoms with Gasteiger partial charge in [-0.2, -0.15) is 0 Å². The molecule has 2 aliphatic rings. The maximum Gasteiger partial charge on any atom is 0.317 e. The maximum absolute atomic E-state index is 12.6. The van der Waals surface area contributed by atoms with Gasteiger partial charge in [-0.25, -0.2) is 13.1 Å². The third-order valence-electron chi connectivity index (χ3n) is 4.66. The van der Waals surface area contributed by atoms with Crippen molar-refractivity contribution in [3.05, 3.63) is 23.8 Å². The molecule has 1 heterocycles. The Hall–Kier alpha value is -1.64. The van der Waals surface area contributed by atoms with Crippen LogP contribution in [0.2, 0.25) is 0 Å². The molecule has 0 spiro atoms. The Morgan fingerprint density at radius 1 is 1.42 bits per heavy atom. The van der Waals surface area contributed by atoms with Crippen LogP contribution in [0.15, 0.2) is 23.1 Å². The summed E-state index contributed by atoms with van der Waals surface area (Å²) in [5.41, 5.74) is 0.919. The number of para-hydroxylation sites is 1. The molecule has 24 heavy (non-hydrogen) atoms. The van der Waals surface area contributed by atoms with E-state index < -0.39 is 16.0 Å². The highest BCUT2D eigenvalue weighted by molar-refractivity contribution is 7.89. The summed E-state index contributed by atoms with van der Waals surface area (Å²) in [5, 5.41) is 8.91. The molecule has 0 aromatic heterocycles. The van der Waals surface area contributed by atoms with Crippen molar-refractivity contribution in [3.8, 4) is 5.75 Å². The second-order valence-electron chi connectivity index (χ2n) is 6.24. The van der Waals surface area contributed by atoms with E-state index in [0.29, 0.717) is 31.7 Å². The maximum atomic E-state index is 12.6. The van der Waals surface area contributed by atoms with Crippen LogP contribution < -0.4 is 9.46 Å². The fourth-order valence-electron chi connectivity index (χ4n) is 3.33. The number of hydrogen-bond donors (Lipinski definition) is 2. The summed E-state index contributed by atoms with van der Waals surface area (Å²) in [6.45, 7) is 3.04. The quantitative estimate of drug-likeness (QED) is 0.753. The SMILES string of the molecule is CCN(CC(=O)O)C1CC(NS(=O)(=O)c2cccc3c2OCC3)C1. The molecule has 0 bridgehead atoms. The highest BCUT2D eigenvalue weighted by Gasteiger charge is 2.37. The Labute approximate surface area is 141 Å². The van der Waals surface area contributed by atoms with Crippen molar-refractivity contribution in [2.24, 2.45) is 0 Å². The van der Waals surface area contributed by atoms with E-state index in [9.17, 15) is 13.2 Å². The van der Waals surface area contributed by atoms with Crippen LogP contribution in [0.4, 0.5) is 0 Å². The Morgan fingerprint density at radius 3 is 2.83 bits per heavy atom. The molecule has 1 aromatic carbocycles. The summed E-state index contributed by atoms with van der Waals surface area (Å²) < 4.78 is 33.4. The highest BCUT2D eigenvalue weighted by Crippen LogP contribution is 2.34. The first kappa shape index (κ1) is 17.2. The molecule has 0 radical (unpaired) electrons. The van der Waals surface area contributed by atoms with E-state index in [1.165, 1.54) is 0 Å². The molecule has 1 aliphatic heterocycles. The molecule has 1 aliphatic carbocycles. The molecule has 3 rings (SSSR count). The standard InChI is InChI=1S/C16H22N2O5S/c1-2-18(10-15(19)20)13-8-12(9-13)17-24(21,22)14-5-3-4-11-6-7-23-16(11)14/h3-5,12-13,17H,2,6-10H2,1H3,(H,19,20). The second-order valence-corrected chi connectivity index (χ2v) is 7.93. The third kappa shape index (κ3) is 3.40. The number of carboxylic acids is 1. The molecular formula is C16H22N2O5S. The number of ether oxygens (including phenoxy) is 1. The zero-order valence-electron chi connectivity index (χ0n) is 13.6. The molecule has 0 unspecified atom stereocenters. The van der Waals surface area contributed by atoms with Crippen LogP contribution in [-0.2, 0) is 21.2 Å². The van der Waals surface area contributed by atoms with Crippen molar-refractivity contribution >= 4 is 16.0 Å². The lowest BCUT2D eigenvalue weighted by Gasteiger charge is -2.42. The van der Waals surface area contributed by atoms with Gasteiger partial charge in [0, 0.05) is 18.5 Å². The van der Waals surface area contributed by atoms with Crippen molar-refractivity contribution in [2.75, 3.05) is 19.7 Å². The van der Waals surface area contributed by atoms with Crippen molar-refractivity contribution in [1.82, 2.24) is 9.62 Å². The number of rotatable bonds is 7. The zero-order valence-corrected chi connectivity index (χ0v) is 14.4. The molecule has 0 saturated heterocycles. The van der Waals surface area contributed by atoms with Gasteiger partial charge in [0.05, 0.1) is 13.2 Å². The summed E-state index contributed by atoms with van der Waals surface area (Å²) in [6.07, 6.45) is 1.97. The van der Waals surface area contributed by atoms with Crippen molar-refractivity contribution in [3.63, 3.8) is 0 Å². The van der Waals surface area contributed by atoms with Crippen LogP contribution in [0.1, 0.15) is 25.3 Å². The van der Waals surface area contributed by atoms with Gasteiger partial charge in [0.25, 0.3) is 0 Å².